The number of nitrogens with two attached hydrogens (primary N) is 2. The van der Waals surface area contributed by atoms with Gasteiger partial charge in [0, 0.05) is 32.7 Å². The third kappa shape index (κ3) is 10.4. The summed E-state index contributed by atoms with van der Waals surface area (Å²) in [4.78, 5) is 124. The van der Waals surface area contributed by atoms with Gasteiger partial charge in [-0.15, -0.1) is 0 Å². The molecule has 8 amide bonds. The van der Waals surface area contributed by atoms with E-state index in [9.17, 15) is 43.2 Å². The third-order valence-corrected chi connectivity index (χ3v) is 11.8. The van der Waals surface area contributed by atoms with E-state index < -0.39 is 90.8 Å². The third-order valence-electron chi connectivity index (χ3n) is 11.8. The van der Waals surface area contributed by atoms with E-state index >= 15 is 0 Å². The van der Waals surface area contributed by atoms with E-state index in [4.69, 9.17) is 16.6 Å². The molecule has 57 heavy (non-hydrogen) atoms. The lowest BCUT2D eigenvalue weighted by atomic mass is 10.1. The van der Waals surface area contributed by atoms with Crippen molar-refractivity contribution in [2.24, 2.45) is 11.5 Å². The summed E-state index contributed by atoms with van der Waals surface area (Å²) in [6.45, 7) is 0.761. The maximum atomic E-state index is 13.9. The maximum absolute atomic E-state index is 13.9. The minimum Gasteiger partial charge on any atom is -0.480 e. The number of hydrogen-bond acceptors (Lipinski definition) is 11. The molecule has 5 aliphatic rings. The highest BCUT2D eigenvalue weighted by atomic mass is 16.4. The van der Waals surface area contributed by atoms with Crippen LogP contribution in [0.2, 0.25) is 0 Å². The van der Waals surface area contributed by atoms with Crippen molar-refractivity contribution in [2.45, 2.75) is 120 Å². The predicted octanol–water partition coefficient (Wildman–Crippen LogP) is -3.17. The largest absolute Gasteiger partial charge is 0.480 e. The zero-order valence-electron chi connectivity index (χ0n) is 32.5. The van der Waals surface area contributed by atoms with Gasteiger partial charge in [-0.25, -0.2) is 0 Å². The summed E-state index contributed by atoms with van der Waals surface area (Å²) in [7, 11) is 0. The normalized spacial score (nSPS) is 25.1. The average molecular weight is 803 g/mol. The Morgan fingerprint density at radius 2 is 0.895 bits per heavy atom. The molecule has 316 valence electrons. The number of nitrogens with zero attached hydrogens (tertiary/aromatic N) is 5. The summed E-state index contributed by atoms with van der Waals surface area (Å²) in [5, 5.41) is 16.5. The Bertz CT molecular complexity index is 1560. The van der Waals surface area contributed by atoms with E-state index in [0.717, 1.165) is 6.42 Å². The van der Waals surface area contributed by atoms with Crippen LogP contribution in [0.3, 0.4) is 0 Å². The number of unbranched alkanes of at least 4 members (excludes halogenated alkanes) is 1. The van der Waals surface area contributed by atoms with E-state index in [-0.39, 0.29) is 24.9 Å². The van der Waals surface area contributed by atoms with Gasteiger partial charge in [0.05, 0.1) is 19.1 Å². The quantitative estimate of drug-likeness (QED) is 0.0844. The van der Waals surface area contributed by atoms with Gasteiger partial charge in [0.2, 0.25) is 47.3 Å². The van der Waals surface area contributed by atoms with Crippen molar-refractivity contribution >= 4 is 53.2 Å². The molecular formula is C37H58N10O10. The highest BCUT2D eigenvalue weighted by Gasteiger charge is 2.45. The van der Waals surface area contributed by atoms with Crippen LogP contribution in [-0.4, -0.2) is 178 Å². The molecule has 8 N–H and O–H groups in total. The SMILES string of the molecule is NCCCC[C@H](N)C(=O)N1CCC[C@H]1C(=O)NCC(=O)N1CCC[C@H]1C(=O)N1CCC[C@H]1C(=O)NCC(=O)N1CCC[C@H]1C(=O)N1CCC[C@H]1C(=O)NCC(=O)O. The van der Waals surface area contributed by atoms with Gasteiger partial charge in [-0.05, 0) is 83.6 Å². The summed E-state index contributed by atoms with van der Waals surface area (Å²) in [5.41, 5.74) is 11.6. The Labute approximate surface area is 331 Å². The molecule has 0 aromatic rings. The van der Waals surface area contributed by atoms with Crippen LogP contribution in [0.1, 0.15) is 83.5 Å². The molecule has 20 nitrogen and oxygen atoms in total. The van der Waals surface area contributed by atoms with Crippen LogP contribution in [0.25, 0.3) is 0 Å². The monoisotopic (exact) mass is 802 g/mol. The minimum absolute atomic E-state index is 0.287. The summed E-state index contributed by atoms with van der Waals surface area (Å²) in [6, 6.07) is -4.81. The lowest BCUT2D eigenvalue weighted by Crippen LogP contribution is -2.56. The molecule has 0 aromatic carbocycles. The van der Waals surface area contributed by atoms with E-state index in [1.165, 1.54) is 24.5 Å². The zero-order valence-corrected chi connectivity index (χ0v) is 32.5. The summed E-state index contributed by atoms with van der Waals surface area (Å²) in [6.07, 6.45) is 6.71. The summed E-state index contributed by atoms with van der Waals surface area (Å²) in [5.74, 6) is -4.76. The van der Waals surface area contributed by atoms with Gasteiger partial charge in [0.1, 0.15) is 36.8 Å². The summed E-state index contributed by atoms with van der Waals surface area (Å²) < 4.78 is 0. The van der Waals surface area contributed by atoms with Crippen molar-refractivity contribution in [3.63, 3.8) is 0 Å². The molecule has 0 spiro atoms. The number of rotatable bonds is 16. The number of carboxylic acid groups (broad SMARTS) is 1. The second-order valence-electron chi connectivity index (χ2n) is 15.5. The van der Waals surface area contributed by atoms with Crippen molar-refractivity contribution in [2.75, 3.05) is 58.9 Å². The van der Waals surface area contributed by atoms with Crippen LogP contribution in [0.4, 0.5) is 0 Å². The fourth-order valence-corrected chi connectivity index (χ4v) is 8.83. The molecule has 5 fully saturated rings. The van der Waals surface area contributed by atoms with Crippen LogP contribution < -0.4 is 27.4 Å². The van der Waals surface area contributed by atoms with Crippen LogP contribution in [0, 0.1) is 0 Å². The van der Waals surface area contributed by atoms with Gasteiger partial charge in [0.15, 0.2) is 0 Å². The highest BCUT2D eigenvalue weighted by Crippen LogP contribution is 2.27. The molecule has 0 saturated carbocycles. The number of carbonyl (C=O) groups excluding carboxylic acids is 8. The van der Waals surface area contributed by atoms with Gasteiger partial charge in [-0.3, -0.25) is 43.2 Å². The second kappa shape index (κ2) is 20.0. The first kappa shape index (κ1) is 43.3. The van der Waals surface area contributed by atoms with Gasteiger partial charge in [-0.1, -0.05) is 6.42 Å². The molecule has 20 heteroatoms. The lowest BCUT2D eigenvalue weighted by Gasteiger charge is -2.32. The predicted molar refractivity (Wildman–Crippen MR) is 201 cm³/mol. The fraction of sp³-hybridized carbons (Fsp3) is 0.757. The van der Waals surface area contributed by atoms with Gasteiger partial charge >= 0.3 is 5.97 Å². The number of nitrogens with one attached hydrogen (secondary N) is 3. The van der Waals surface area contributed by atoms with E-state index in [1.807, 2.05) is 0 Å². The number of carboxylic acids is 1. The number of hydrogen-bond donors (Lipinski definition) is 6. The van der Waals surface area contributed by atoms with Crippen LogP contribution >= 0.6 is 0 Å². The average Bonchev–Trinajstić information content (AvgIpc) is 4.05. The van der Waals surface area contributed by atoms with E-state index in [2.05, 4.69) is 16.0 Å². The van der Waals surface area contributed by atoms with Gasteiger partial charge < -0.3 is 57.0 Å². The van der Waals surface area contributed by atoms with Crippen molar-refractivity contribution in [3.05, 3.63) is 0 Å². The number of carbonyl (C=O) groups is 9. The molecule has 0 aliphatic carbocycles. The van der Waals surface area contributed by atoms with Crippen molar-refractivity contribution in [1.82, 2.24) is 40.4 Å². The molecule has 5 rings (SSSR count). The molecule has 5 aliphatic heterocycles. The lowest BCUT2D eigenvalue weighted by molar-refractivity contribution is -0.148. The Morgan fingerprint density at radius 3 is 1.32 bits per heavy atom. The molecule has 0 aromatic heterocycles. The second-order valence-corrected chi connectivity index (χ2v) is 15.5. The Hall–Kier alpha value is -4.85. The molecule has 5 saturated heterocycles. The first-order valence-electron chi connectivity index (χ1n) is 20.3. The fourth-order valence-electron chi connectivity index (χ4n) is 8.83. The molecule has 0 bridgehead atoms. The van der Waals surface area contributed by atoms with Crippen molar-refractivity contribution in [1.29, 1.82) is 0 Å². The number of amides is 8. The highest BCUT2D eigenvalue weighted by molar-refractivity contribution is 5.97. The molecule has 0 radical (unpaired) electrons. The maximum Gasteiger partial charge on any atom is 0.322 e. The summed E-state index contributed by atoms with van der Waals surface area (Å²) >= 11 is 0. The van der Waals surface area contributed by atoms with Crippen molar-refractivity contribution in [3.8, 4) is 0 Å². The molecule has 5 heterocycles. The van der Waals surface area contributed by atoms with Gasteiger partial charge in [-0.2, -0.15) is 0 Å². The zero-order chi connectivity index (χ0) is 41.2. The van der Waals surface area contributed by atoms with Crippen molar-refractivity contribution < 1.29 is 48.3 Å². The van der Waals surface area contributed by atoms with Crippen LogP contribution in [0.15, 0.2) is 0 Å². The standard InChI is InChI=1S/C37H58N10O10/c38-14-2-1-8-23(39)35(55)45-17-3-9-24(45)32(52)40-20-29(48)43-15-6-12-27(43)36(56)46-18-4-10-25(46)33(53)41-21-30(49)44-16-7-13-28(44)37(57)47-19-5-11-26(47)34(54)42-22-31(50)51/h23-28H,1-22,38-39H2,(H,40,52)(H,41,53)(H,42,54)(H,50,51)/t23-,24-,25-,26-,27-,28-/m0/s1. The minimum atomic E-state index is -1.20. The Balaban J connectivity index is 1.10. The van der Waals surface area contributed by atoms with E-state index in [1.54, 1.807) is 0 Å². The number of likely N-dealkylation sites (tertiary alicyclic amines) is 5. The molecular weight excluding hydrogens is 744 g/mol. The first-order chi connectivity index (χ1) is 27.3. The smallest absolute Gasteiger partial charge is 0.322 e. The van der Waals surface area contributed by atoms with Gasteiger partial charge in [0.25, 0.3) is 0 Å². The first-order valence-corrected chi connectivity index (χ1v) is 20.3. The van der Waals surface area contributed by atoms with Crippen LogP contribution in [0.5, 0.6) is 0 Å². The Kier molecular flexibility index (Phi) is 15.2. The number of aliphatic carboxylic acids is 1. The van der Waals surface area contributed by atoms with Crippen LogP contribution in [-0.2, 0) is 43.2 Å². The molecule has 6 atom stereocenters. The Morgan fingerprint density at radius 1 is 0.526 bits per heavy atom. The molecule has 0 unspecified atom stereocenters. The van der Waals surface area contributed by atoms with E-state index in [0.29, 0.717) is 110 Å². The topological polar surface area (TPSA) is 278 Å².